The Bertz CT molecular complexity index is 731. The Balaban J connectivity index is 2.47. The van der Waals surface area contributed by atoms with Gasteiger partial charge in [0.2, 0.25) is 0 Å². The largest absolute Gasteiger partial charge is 0.455 e. The lowest BCUT2D eigenvalue weighted by Crippen LogP contribution is -2.12. The molecule has 0 aromatic heterocycles. The van der Waals surface area contributed by atoms with E-state index in [4.69, 9.17) is 27.5 Å². The SMILES string of the molecule is Cc1ccc(C(=N)N)c(Oc2cc([N+](=O)[O-])ccc2Cl)c1. The van der Waals surface area contributed by atoms with E-state index < -0.39 is 4.92 Å². The molecule has 0 aliphatic rings. The number of hydrogen-bond donors (Lipinski definition) is 2. The predicted octanol–water partition coefficient (Wildman–Crippen LogP) is 3.63. The second-order valence-corrected chi connectivity index (χ2v) is 4.79. The van der Waals surface area contributed by atoms with Crippen LogP contribution in [0.2, 0.25) is 5.02 Å². The molecule has 0 aliphatic carbocycles. The first-order valence-corrected chi connectivity index (χ1v) is 6.33. The summed E-state index contributed by atoms with van der Waals surface area (Å²) in [4.78, 5) is 10.3. The van der Waals surface area contributed by atoms with Gasteiger partial charge in [-0.25, -0.2) is 0 Å². The zero-order valence-electron chi connectivity index (χ0n) is 11.1. The van der Waals surface area contributed by atoms with Crippen LogP contribution in [0, 0.1) is 22.4 Å². The number of amidine groups is 1. The van der Waals surface area contributed by atoms with E-state index in [-0.39, 0.29) is 22.3 Å². The summed E-state index contributed by atoms with van der Waals surface area (Å²) in [6, 6.07) is 9.03. The Labute approximate surface area is 125 Å². The van der Waals surface area contributed by atoms with Crippen molar-refractivity contribution in [3.8, 4) is 11.5 Å². The second kappa shape index (κ2) is 5.80. The van der Waals surface area contributed by atoms with E-state index in [9.17, 15) is 10.1 Å². The number of aryl methyl sites for hydroxylation is 1. The summed E-state index contributed by atoms with van der Waals surface area (Å²) < 4.78 is 5.62. The number of benzene rings is 2. The first kappa shape index (κ1) is 14.8. The van der Waals surface area contributed by atoms with Gasteiger partial charge in [0.1, 0.15) is 11.6 Å². The third kappa shape index (κ3) is 3.29. The number of ether oxygens (including phenoxy) is 1. The number of nitrogens with one attached hydrogen (secondary N) is 1. The van der Waals surface area contributed by atoms with E-state index in [2.05, 4.69) is 0 Å². The lowest BCUT2D eigenvalue weighted by molar-refractivity contribution is -0.384. The Morgan fingerprint density at radius 1 is 1.29 bits per heavy atom. The Kier molecular flexibility index (Phi) is 4.09. The highest BCUT2D eigenvalue weighted by Gasteiger charge is 2.14. The summed E-state index contributed by atoms with van der Waals surface area (Å²) in [7, 11) is 0. The Morgan fingerprint density at radius 3 is 2.62 bits per heavy atom. The first-order chi connectivity index (χ1) is 9.88. The summed E-state index contributed by atoms with van der Waals surface area (Å²) in [5, 5.41) is 18.6. The fourth-order valence-corrected chi connectivity index (χ4v) is 1.89. The molecule has 0 unspecified atom stereocenters. The molecule has 0 radical (unpaired) electrons. The molecule has 3 N–H and O–H groups in total. The lowest BCUT2D eigenvalue weighted by atomic mass is 10.1. The standard InChI is InChI=1S/C14H12ClN3O3/c1-8-2-4-10(14(16)17)12(6-8)21-13-7-9(18(19)20)3-5-11(13)15/h2-7H,1H3,(H3,16,17). The van der Waals surface area contributed by atoms with Gasteiger partial charge in [0, 0.05) is 6.07 Å². The maximum Gasteiger partial charge on any atom is 0.273 e. The van der Waals surface area contributed by atoms with Gasteiger partial charge >= 0.3 is 0 Å². The first-order valence-electron chi connectivity index (χ1n) is 5.95. The van der Waals surface area contributed by atoms with Crippen LogP contribution in [-0.2, 0) is 0 Å². The van der Waals surface area contributed by atoms with E-state index in [1.54, 1.807) is 18.2 Å². The topological polar surface area (TPSA) is 102 Å². The molecule has 0 atom stereocenters. The fraction of sp³-hybridized carbons (Fsp3) is 0.0714. The van der Waals surface area contributed by atoms with Crippen LogP contribution in [0.15, 0.2) is 36.4 Å². The highest BCUT2D eigenvalue weighted by Crippen LogP contribution is 2.34. The molecule has 0 saturated heterocycles. The average Bonchev–Trinajstić information content (AvgIpc) is 2.40. The summed E-state index contributed by atoms with van der Waals surface area (Å²) in [6.45, 7) is 1.85. The van der Waals surface area contributed by atoms with Crippen molar-refractivity contribution in [2.24, 2.45) is 5.73 Å². The number of halogens is 1. The van der Waals surface area contributed by atoms with Crippen molar-refractivity contribution in [2.75, 3.05) is 0 Å². The number of nitrogens with two attached hydrogens (primary N) is 1. The van der Waals surface area contributed by atoms with Gasteiger partial charge in [-0.15, -0.1) is 0 Å². The van der Waals surface area contributed by atoms with Gasteiger partial charge in [-0.05, 0) is 30.7 Å². The number of nitrogens with zero attached hydrogens (tertiary/aromatic N) is 1. The third-order valence-corrected chi connectivity index (χ3v) is 3.09. The molecule has 0 saturated carbocycles. The number of nitro benzene ring substituents is 1. The number of nitro groups is 1. The molecule has 21 heavy (non-hydrogen) atoms. The minimum absolute atomic E-state index is 0.133. The molecule has 0 heterocycles. The molecule has 0 bridgehead atoms. The van der Waals surface area contributed by atoms with Gasteiger partial charge < -0.3 is 10.5 Å². The summed E-state index contributed by atoms with van der Waals surface area (Å²) in [5.74, 6) is 0.301. The summed E-state index contributed by atoms with van der Waals surface area (Å²) >= 11 is 5.99. The monoisotopic (exact) mass is 305 g/mol. The van der Waals surface area contributed by atoms with Crippen molar-refractivity contribution in [1.82, 2.24) is 0 Å². The molecular weight excluding hydrogens is 294 g/mol. The zero-order valence-corrected chi connectivity index (χ0v) is 11.8. The van der Waals surface area contributed by atoms with Crippen molar-refractivity contribution in [2.45, 2.75) is 6.92 Å². The quantitative estimate of drug-likeness (QED) is 0.389. The van der Waals surface area contributed by atoms with Crippen molar-refractivity contribution in [3.63, 3.8) is 0 Å². The minimum Gasteiger partial charge on any atom is -0.455 e. The van der Waals surface area contributed by atoms with E-state index in [1.807, 2.05) is 6.92 Å². The Morgan fingerprint density at radius 2 is 2.00 bits per heavy atom. The molecule has 2 aromatic carbocycles. The third-order valence-electron chi connectivity index (χ3n) is 2.77. The van der Waals surface area contributed by atoms with Gasteiger partial charge in [-0.1, -0.05) is 17.7 Å². The number of nitrogen functional groups attached to an aromatic ring is 1. The van der Waals surface area contributed by atoms with Crippen LogP contribution in [0.1, 0.15) is 11.1 Å². The molecule has 6 nitrogen and oxygen atoms in total. The van der Waals surface area contributed by atoms with Crippen LogP contribution in [0.4, 0.5) is 5.69 Å². The van der Waals surface area contributed by atoms with Gasteiger partial charge in [-0.3, -0.25) is 15.5 Å². The van der Waals surface area contributed by atoms with Gasteiger partial charge in [0.25, 0.3) is 5.69 Å². The van der Waals surface area contributed by atoms with Crippen molar-refractivity contribution in [1.29, 1.82) is 5.41 Å². The van der Waals surface area contributed by atoms with E-state index >= 15 is 0 Å². The second-order valence-electron chi connectivity index (χ2n) is 4.39. The van der Waals surface area contributed by atoms with Crippen LogP contribution in [0.25, 0.3) is 0 Å². The van der Waals surface area contributed by atoms with Gasteiger partial charge in [-0.2, -0.15) is 0 Å². The zero-order chi connectivity index (χ0) is 15.6. The number of hydrogen-bond acceptors (Lipinski definition) is 4. The molecule has 0 spiro atoms. The smallest absolute Gasteiger partial charge is 0.273 e. The van der Waals surface area contributed by atoms with E-state index in [0.29, 0.717) is 11.3 Å². The van der Waals surface area contributed by atoms with Crippen molar-refractivity contribution >= 4 is 23.1 Å². The van der Waals surface area contributed by atoms with Crippen LogP contribution in [0.5, 0.6) is 11.5 Å². The van der Waals surface area contributed by atoms with Crippen molar-refractivity contribution < 1.29 is 9.66 Å². The fourth-order valence-electron chi connectivity index (χ4n) is 1.74. The van der Waals surface area contributed by atoms with E-state index in [0.717, 1.165) is 5.56 Å². The van der Waals surface area contributed by atoms with Crippen LogP contribution in [-0.4, -0.2) is 10.8 Å². The minimum atomic E-state index is -0.536. The molecule has 108 valence electrons. The van der Waals surface area contributed by atoms with Gasteiger partial charge in [0.15, 0.2) is 5.75 Å². The van der Waals surface area contributed by atoms with Crippen LogP contribution in [0.3, 0.4) is 0 Å². The number of rotatable bonds is 4. The molecule has 0 aliphatic heterocycles. The molecule has 0 fully saturated rings. The van der Waals surface area contributed by atoms with Gasteiger partial charge in [0.05, 0.1) is 21.6 Å². The average molecular weight is 306 g/mol. The molecular formula is C14H12ClN3O3. The molecule has 2 aromatic rings. The van der Waals surface area contributed by atoms with Crippen molar-refractivity contribution in [3.05, 3.63) is 62.7 Å². The lowest BCUT2D eigenvalue weighted by Gasteiger charge is -2.12. The highest BCUT2D eigenvalue weighted by atomic mass is 35.5. The molecule has 7 heteroatoms. The maximum atomic E-state index is 10.8. The molecule has 2 rings (SSSR count). The Hall–Kier alpha value is -2.60. The summed E-state index contributed by atoms with van der Waals surface area (Å²) in [6.07, 6.45) is 0. The predicted molar refractivity (Wildman–Crippen MR) is 80.4 cm³/mol. The maximum absolute atomic E-state index is 10.8. The summed E-state index contributed by atoms with van der Waals surface area (Å²) in [5.41, 5.74) is 6.66. The van der Waals surface area contributed by atoms with E-state index in [1.165, 1.54) is 18.2 Å². The number of non-ortho nitro benzene ring substituents is 1. The van der Waals surface area contributed by atoms with Crippen LogP contribution < -0.4 is 10.5 Å². The molecule has 0 amide bonds. The normalized spacial score (nSPS) is 10.2. The highest BCUT2D eigenvalue weighted by molar-refractivity contribution is 6.32. The van der Waals surface area contributed by atoms with Crippen LogP contribution >= 0.6 is 11.6 Å².